The summed E-state index contributed by atoms with van der Waals surface area (Å²) >= 11 is 0. The number of hydrogen-bond acceptors (Lipinski definition) is 1. The molecule has 0 unspecified atom stereocenters. The normalized spacial score (nSPS) is 11.1. The monoisotopic (exact) mass is 286 g/mol. The van der Waals surface area contributed by atoms with Crippen molar-refractivity contribution in [2.45, 2.75) is 58.3 Å². The van der Waals surface area contributed by atoms with E-state index in [0.717, 1.165) is 12.8 Å². The van der Waals surface area contributed by atoms with Gasteiger partial charge in [0.15, 0.2) is 0 Å². The maximum Gasteiger partial charge on any atom is 0.325 e. The van der Waals surface area contributed by atoms with Crippen LogP contribution in [0.25, 0.3) is 0 Å². The number of unbranched alkanes of at least 4 members (excludes halogenated alkanes) is 7. The Morgan fingerprint density at radius 1 is 0.867 bits per heavy atom. The SMILES string of the molecule is CCCCCCCCCCP(=O)(O)O.[Zn]. The van der Waals surface area contributed by atoms with Gasteiger partial charge in [-0.15, -0.1) is 0 Å². The first-order valence-corrected chi connectivity index (χ1v) is 7.40. The molecular weight excluding hydrogens is 264 g/mol. The van der Waals surface area contributed by atoms with Crippen LogP contribution in [0.1, 0.15) is 58.3 Å². The van der Waals surface area contributed by atoms with Crippen molar-refractivity contribution in [2.75, 3.05) is 6.16 Å². The summed E-state index contributed by atoms with van der Waals surface area (Å²) in [5.74, 6) is 0. The Labute approximate surface area is 106 Å². The summed E-state index contributed by atoms with van der Waals surface area (Å²) < 4.78 is 10.5. The molecule has 15 heavy (non-hydrogen) atoms. The summed E-state index contributed by atoms with van der Waals surface area (Å²) in [7, 11) is -3.73. The molecule has 0 aromatic carbocycles. The zero-order chi connectivity index (χ0) is 10.9. The zero-order valence-corrected chi connectivity index (χ0v) is 13.7. The van der Waals surface area contributed by atoms with Gasteiger partial charge in [0, 0.05) is 25.6 Å². The molecule has 0 radical (unpaired) electrons. The molecule has 0 aromatic rings. The van der Waals surface area contributed by atoms with Crippen molar-refractivity contribution in [3.63, 3.8) is 0 Å². The third-order valence-electron chi connectivity index (χ3n) is 2.30. The molecule has 0 amide bonds. The van der Waals surface area contributed by atoms with Gasteiger partial charge in [0.25, 0.3) is 0 Å². The predicted molar refractivity (Wildman–Crippen MR) is 59.5 cm³/mol. The van der Waals surface area contributed by atoms with Crippen LogP contribution in [0, 0.1) is 0 Å². The van der Waals surface area contributed by atoms with Crippen LogP contribution >= 0.6 is 7.60 Å². The van der Waals surface area contributed by atoms with E-state index in [9.17, 15) is 4.57 Å². The van der Waals surface area contributed by atoms with Crippen molar-refractivity contribution in [1.82, 2.24) is 0 Å². The Morgan fingerprint density at radius 2 is 1.27 bits per heavy atom. The van der Waals surface area contributed by atoms with E-state index >= 15 is 0 Å². The summed E-state index contributed by atoms with van der Waals surface area (Å²) in [5.41, 5.74) is 0. The topological polar surface area (TPSA) is 57.5 Å². The molecule has 0 aromatic heterocycles. The third kappa shape index (κ3) is 17.4. The summed E-state index contributed by atoms with van der Waals surface area (Å²) in [5, 5.41) is 0. The Bertz CT molecular complexity index is 170. The fourth-order valence-electron chi connectivity index (χ4n) is 1.45. The second-order valence-corrected chi connectivity index (χ2v) is 5.64. The molecule has 0 spiro atoms. The Hall–Kier alpha value is 0.773. The van der Waals surface area contributed by atoms with Crippen LogP contribution in [-0.2, 0) is 24.0 Å². The molecule has 0 bridgehead atoms. The van der Waals surface area contributed by atoms with Gasteiger partial charge in [-0.2, -0.15) is 0 Å². The molecule has 2 N–H and O–H groups in total. The molecule has 3 nitrogen and oxygen atoms in total. The van der Waals surface area contributed by atoms with Crippen LogP contribution in [0.15, 0.2) is 0 Å². The largest absolute Gasteiger partial charge is 0.325 e. The molecule has 88 valence electrons. The zero-order valence-electron chi connectivity index (χ0n) is 9.82. The van der Waals surface area contributed by atoms with E-state index in [1.807, 2.05) is 0 Å². The molecule has 0 saturated heterocycles. The van der Waals surface area contributed by atoms with E-state index in [1.54, 1.807) is 0 Å². The first-order chi connectivity index (χ1) is 6.56. The minimum Gasteiger partial charge on any atom is -0.324 e. The maximum absolute atomic E-state index is 10.5. The predicted octanol–water partition coefficient (Wildman–Crippen LogP) is 3.30. The molecule has 5 heteroatoms. The fourth-order valence-corrected chi connectivity index (χ4v) is 2.09. The average molecular weight is 288 g/mol. The van der Waals surface area contributed by atoms with Crippen molar-refractivity contribution in [1.29, 1.82) is 0 Å². The molecule has 0 aliphatic heterocycles. The molecule has 0 aliphatic rings. The van der Waals surface area contributed by atoms with Gasteiger partial charge < -0.3 is 9.79 Å². The minimum absolute atomic E-state index is 0. The van der Waals surface area contributed by atoms with Crippen molar-refractivity contribution in [3.8, 4) is 0 Å². The van der Waals surface area contributed by atoms with Gasteiger partial charge in [0.2, 0.25) is 0 Å². The Morgan fingerprint density at radius 3 is 1.67 bits per heavy atom. The first-order valence-electron chi connectivity index (χ1n) is 5.61. The van der Waals surface area contributed by atoms with Crippen molar-refractivity contribution in [3.05, 3.63) is 0 Å². The molecule has 0 atom stereocenters. The van der Waals surface area contributed by atoms with Crippen LogP contribution in [-0.4, -0.2) is 15.9 Å². The molecular formula is C10H23O3PZn. The maximum atomic E-state index is 10.5. The van der Waals surface area contributed by atoms with Gasteiger partial charge >= 0.3 is 7.60 Å². The van der Waals surface area contributed by atoms with Crippen LogP contribution in [0.2, 0.25) is 0 Å². The standard InChI is InChI=1S/C10H23O3P.Zn/c1-2-3-4-5-6-7-8-9-10-14(11,12)13;/h2-10H2,1H3,(H2,11,12,13);. The van der Waals surface area contributed by atoms with Gasteiger partial charge in [0.05, 0.1) is 0 Å². The minimum atomic E-state index is -3.73. The second-order valence-electron chi connectivity index (χ2n) is 3.86. The number of rotatable bonds is 9. The average Bonchev–Trinajstić information content (AvgIpc) is 2.08. The molecule has 0 aliphatic carbocycles. The Balaban J connectivity index is 0. The molecule has 0 heterocycles. The van der Waals surface area contributed by atoms with Crippen LogP contribution < -0.4 is 0 Å². The van der Waals surface area contributed by atoms with E-state index < -0.39 is 7.60 Å². The quantitative estimate of drug-likeness (QED) is 0.389. The Kier molecular flexibility index (Phi) is 13.6. The van der Waals surface area contributed by atoms with Crippen LogP contribution in [0.4, 0.5) is 0 Å². The van der Waals surface area contributed by atoms with Crippen molar-refractivity contribution >= 4 is 7.60 Å². The van der Waals surface area contributed by atoms with E-state index in [2.05, 4.69) is 6.92 Å². The van der Waals surface area contributed by atoms with Gasteiger partial charge in [-0.05, 0) is 6.42 Å². The summed E-state index contributed by atoms with van der Waals surface area (Å²) in [6.45, 7) is 2.19. The van der Waals surface area contributed by atoms with Crippen molar-refractivity contribution < 1.29 is 33.8 Å². The second kappa shape index (κ2) is 11.3. The molecule has 0 saturated carbocycles. The third-order valence-corrected chi connectivity index (χ3v) is 3.20. The molecule has 0 fully saturated rings. The summed E-state index contributed by atoms with van der Waals surface area (Å²) in [6, 6.07) is 0. The van der Waals surface area contributed by atoms with Crippen LogP contribution in [0.3, 0.4) is 0 Å². The number of hydrogen-bond donors (Lipinski definition) is 2. The van der Waals surface area contributed by atoms with Gasteiger partial charge in [0.1, 0.15) is 0 Å². The van der Waals surface area contributed by atoms with E-state index in [1.165, 1.54) is 32.1 Å². The smallest absolute Gasteiger partial charge is 0.324 e. The van der Waals surface area contributed by atoms with Gasteiger partial charge in [-0.25, -0.2) is 0 Å². The molecule has 0 rings (SSSR count). The summed E-state index contributed by atoms with van der Waals surface area (Å²) in [4.78, 5) is 17.2. The van der Waals surface area contributed by atoms with E-state index in [-0.39, 0.29) is 25.6 Å². The van der Waals surface area contributed by atoms with Crippen LogP contribution in [0.5, 0.6) is 0 Å². The van der Waals surface area contributed by atoms with Crippen molar-refractivity contribution in [2.24, 2.45) is 0 Å². The van der Waals surface area contributed by atoms with E-state index in [4.69, 9.17) is 9.79 Å². The van der Waals surface area contributed by atoms with Gasteiger partial charge in [-0.3, -0.25) is 4.57 Å². The fraction of sp³-hybridized carbons (Fsp3) is 1.00. The summed E-state index contributed by atoms with van der Waals surface area (Å²) in [6.07, 6.45) is 9.14. The van der Waals surface area contributed by atoms with E-state index in [0.29, 0.717) is 6.42 Å². The first kappa shape index (κ1) is 18.1. The van der Waals surface area contributed by atoms with Gasteiger partial charge in [-0.1, -0.05) is 51.9 Å².